The zero-order chi connectivity index (χ0) is 11.5. The van der Waals surface area contributed by atoms with E-state index in [9.17, 15) is 4.79 Å². The van der Waals surface area contributed by atoms with Gasteiger partial charge in [0.15, 0.2) is 0 Å². The summed E-state index contributed by atoms with van der Waals surface area (Å²) in [6.45, 7) is 0. The summed E-state index contributed by atoms with van der Waals surface area (Å²) >= 11 is 5.46. The molecule has 82 valence electrons. The van der Waals surface area contributed by atoms with Crippen LogP contribution >= 0.6 is 11.6 Å². The molecule has 0 fully saturated rings. The van der Waals surface area contributed by atoms with Crippen molar-refractivity contribution >= 4 is 23.6 Å². The van der Waals surface area contributed by atoms with E-state index in [4.69, 9.17) is 26.2 Å². The van der Waals surface area contributed by atoms with Crippen LogP contribution in [0.3, 0.4) is 0 Å². The van der Waals surface area contributed by atoms with Gasteiger partial charge in [0, 0.05) is 5.56 Å². The van der Waals surface area contributed by atoms with Gasteiger partial charge in [0.25, 0.3) is 0 Å². The van der Waals surface area contributed by atoms with Crippen LogP contribution in [0.1, 0.15) is 15.9 Å². The Morgan fingerprint density at radius 1 is 1.44 bits per heavy atom. The zero-order valence-electron chi connectivity index (χ0n) is 8.01. The first-order chi connectivity index (χ1) is 7.70. The topological polar surface area (TPSA) is 55.8 Å². The third-order valence-corrected chi connectivity index (χ3v) is 2.17. The molecule has 4 nitrogen and oxygen atoms in total. The lowest BCUT2D eigenvalue weighted by Gasteiger charge is -2.07. The Morgan fingerprint density at radius 2 is 2.25 bits per heavy atom. The van der Waals surface area contributed by atoms with Crippen LogP contribution in [0.2, 0.25) is 0 Å². The molecule has 1 aliphatic heterocycles. The highest BCUT2D eigenvalue weighted by atomic mass is 35.5. The minimum atomic E-state index is -0.991. The fraction of sp³-hybridized carbons (Fsp3) is 0. The highest BCUT2D eigenvalue weighted by molar-refractivity contribution is 6.25. The smallest absolute Gasteiger partial charge is 0.335 e. The van der Waals surface area contributed by atoms with Gasteiger partial charge in [0.2, 0.25) is 0 Å². The normalized spacial score (nSPS) is 15.9. The zero-order valence-corrected chi connectivity index (χ0v) is 8.77. The lowest BCUT2D eigenvalue weighted by Crippen LogP contribution is -1.99. The minimum absolute atomic E-state index is 0.139. The predicted octanol–water partition coefficient (Wildman–Crippen LogP) is 2.80. The van der Waals surface area contributed by atoms with Crippen LogP contribution in [-0.4, -0.2) is 11.1 Å². The molecule has 1 heterocycles. The van der Waals surface area contributed by atoms with Gasteiger partial charge in [-0.3, -0.25) is 0 Å². The van der Waals surface area contributed by atoms with Gasteiger partial charge in [-0.2, -0.15) is 0 Å². The van der Waals surface area contributed by atoms with Crippen LogP contribution in [0.4, 0.5) is 0 Å². The van der Waals surface area contributed by atoms with Crippen molar-refractivity contribution in [3.8, 4) is 5.75 Å². The number of halogens is 1. The molecule has 0 atom stereocenters. The molecule has 1 N–H and O–H groups in total. The molecule has 0 spiro atoms. The molecule has 0 amide bonds. The second kappa shape index (κ2) is 4.28. The average Bonchev–Trinajstić information content (AvgIpc) is 2.49. The van der Waals surface area contributed by atoms with Gasteiger partial charge < -0.3 is 14.6 Å². The molecule has 0 aliphatic carbocycles. The summed E-state index contributed by atoms with van der Waals surface area (Å²) in [4.78, 5) is 10.8. The highest BCUT2D eigenvalue weighted by Gasteiger charge is 2.12. The maximum Gasteiger partial charge on any atom is 0.335 e. The van der Waals surface area contributed by atoms with Crippen LogP contribution in [0.5, 0.6) is 5.75 Å². The molecule has 0 saturated carbocycles. The van der Waals surface area contributed by atoms with Gasteiger partial charge in [-0.1, -0.05) is 11.6 Å². The molecule has 1 aromatic rings. The number of fused-ring (bicyclic) bond motifs is 1. The van der Waals surface area contributed by atoms with Crippen LogP contribution in [-0.2, 0) is 4.74 Å². The fourth-order valence-corrected chi connectivity index (χ4v) is 1.36. The van der Waals surface area contributed by atoms with E-state index >= 15 is 0 Å². The van der Waals surface area contributed by atoms with Crippen LogP contribution < -0.4 is 4.74 Å². The van der Waals surface area contributed by atoms with Crippen molar-refractivity contribution < 1.29 is 19.4 Å². The molecule has 0 aromatic heterocycles. The van der Waals surface area contributed by atoms with Gasteiger partial charge in [-0.25, -0.2) is 4.79 Å². The second-order valence-corrected chi connectivity index (χ2v) is 3.23. The minimum Gasteiger partial charge on any atom is -0.478 e. The quantitative estimate of drug-likeness (QED) is 0.817. The number of benzene rings is 1. The van der Waals surface area contributed by atoms with Crippen molar-refractivity contribution in [1.29, 1.82) is 0 Å². The summed E-state index contributed by atoms with van der Waals surface area (Å²) in [5.41, 5.74) is 1.96. The molecule has 0 radical (unpaired) electrons. The Bertz CT molecular complexity index is 491. The highest BCUT2D eigenvalue weighted by Crippen LogP contribution is 2.27. The van der Waals surface area contributed by atoms with E-state index < -0.39 is 5.97 Å². The van der Waals surface area contributed by atoms with E-state index in [0.29, 0.717) is 11.3 Å². The van der Waals surface area contributed by atoms with Crippen molar-refractivity contribution in [3.63, 3.8) is 0 Å². The van der Waals surface area contributed by atoms with Gasteiger partial charge in [-0.05, 0) is 24.3 Å². The first-order valence-electron chi connectivity index (χ1n) is 4.39. The van der Waals surface area contributed by atoms with Gasteiger partial charge in [0.05, 0.1) is 17.4 Å². The standard InChI is InChI=1S/C11H7ClO4/c12-6-10-15-4-3-7-5-8(11(13)14)1-2-9(7)16-10/h1-6H,(H,13,14). The molecule has 2 rings (SSSR count). The van der Waals surface area contributed by atoms with Crippen molar-refractivity contribution in [2.24, 2.45) is 0 Å². The Balaban J connectivity index is 2.45. The lowest BCUT2D eigenvalue weighted by molar-refractivity contribution is 0.0697. The Kier molecular flexibility index (Phi) is 2.83. The van der Waals surface area contributed by atoms with Gasteiger partial charge in [-0.15, -0.1) is 0 Å². The Labute approximate surface area is 96.4 Å². The maximum atomic E-state index is 10.8. The third-order valence-electron chi connectivity index (χ3n) is 1.99. The van der Waals surface area contributed by atoms with Crippen molar-refractivity contribution in [2.45, 2.75) is 0 Å². The average molecular weight is 239 g/mol. The van der Waals surface area contributed by atoms with Gasteiger partial charge >= 0.3 is 11.9 Å². The van der Waals surface area contributed by atoms with Crippen molar-refractivity contribution in [1.82, 2.24) is 0 Å². The summed E-state index contributed by atoms with van der Waals surface area (Å²) in [7, 11) is 0. The molecule has 0 bridgehead atoms. The van der Waals surface area contributed by atoms with E-state index in [1.54, 1.807) is 12.1 Å². The van der Waals surface area contributed by atoms with E-state index in [1.807, 2.05) is 0 Å². The number of ether oxygens (including phenoxy) is 2. The van der Waals surface area contributed by atoms with Crippen molar-refractivity contribution in [2.75, 3.05) is 0 Å². The molecule has 1 aliphatic rings. The number of aromatic carboxylic acids is 1. The number of carboxylic acid groups (broad SMARTS) is 1. The Hall–Kier alpha value is -1.94. The van der Waals surface area contributed by atoms with Crippen LogP contribution in [0, 0.1) is 0 Å². The summed E-state index contributed by atoms with van der Waals surface area (Å²) in [6, 6.07) is 4.50. The van der Waals surface area contributed by atoms with E-state index in [-0.39, 0.29) is 11.5 Å². The molecule has 1 aromatic carbocycles. The van der Waals surface area contributed by atoms with E-state index in [2.05, 4.69) is 0 Å². The van der Waals surface area contributed by atoms with Crippen LogP contribution in [0.15, 0.2) is 35.9 Å². The maximum absolute atomic E-state index is 10.8. The number of carboxylic acids is 1. The Morgan fingerprint density at radius 3 is 2.94 bits per heavy atom. The second-order valence-electron chi connectivity index (χ2n) is 3.01. The molecular weight excluding hydrogens is 232 g/mol. The summed E-state index contributed by atoms with van der Waals surface area (Å²) in [5.74, 6) is -0.361. The molecule has 0 saturated heterocycles. The number of hydrogen-bond acceptors (Lipinski definition) is 3. The largest absolute Gasteiger partial charge is 0.478 e. The summed E-state index contributed by atoms with van der Waals surface area (Å²) < 4.78 is 10.3. The first-order valence-corrected chi connectivity index (χ1v) is 4.83. The molecular formula is C11H7ClO4. The number of carbonyl (C=O) groups is 1. The molecule has 0 unspecified atom stereocenters. The first kappa shape index (κ1) is 10.6. The summed E-state index contributed by atoms with van der Waals surface area (Å²) in [6.07, 6.45) is 2.99. The SMILES string of the molecule is O=C(O)c1ccc2c(c1)C=COC(=CCl)O2. The molecule has 5 heteroatoms. The monoisotopic (exact) mass is 238 g/mol. The predicted molar refractivity (Wildman–Crippen MR) is 58.1 cm³/mol. The number of rotatable bonds is 1. The summed E-state index contributed by atoms with van der Waals surface area (Å²) in [5, 5.41) is 8.83. The third kappa shape index (κ3) is 2.01. The lowest BCUT2D eigenvalue weighted by atomic mass is 10.1. The van der Waals surface area contributed by atoms with E-state index in [0.717, 1.165) is 5.54 Å². The van der Waals surface area contributed by atoms with Crippen LogP contribution in [0.25, 0.3) is 6.08 Å². The molecule has 16 heavy (non-hydrogen) atoms. The fourth-order valence-electron chi connectivity index (χ4n) is 1.26. The van der Waals surface area contributed by atoms with Gasteiger partial charge in [0.1, 0.15) is 5.75 Å². The number of hydrogen-bond donors (Lipinski definition) is 1. The van der Waals surface area contributed by atoms with Crippen molar-refractivity contribution in [3.05, 3.63) is 47.1 Å². The van der Waals surface area contributed by atoms with E-state index in [1.165, 1.54) is 18.4 Å².